The maximum atomic E-state index is 11.2. The molecule has 0 unspecified atom stereocenters. The van der Waals surface area contributed by atoms with Gasteiger partial charge in [0.2, 0.25) is 15.9 Å². The fourth-order valence-corrected chi connectivity index (χ4v) is 2.51. The molecule has 1 rings (SSSR count). The topological polar surface area (TPSA) is 66.5 Å². The molecule has 0 spiro atoms. The van der Waals surface area contributed by atoms with Gasteiger partial charge in [-0.2, -0.15) is 0 Å². The van der Waals surface area contributed by atoms with E-state index in [1.165, 1.54) is 0 Å². The van der Waals surface area contributed by atoms with Crippen molar-refractivity contribution in [1.82, 2.24) is 9.62 Å². The Kier molecular flexibility index (Phi) is 2.69. The lowest BCUT2D eigenvalue weighted by Crippen LogP contribution is -2.35. The van der Waals surface area contributed by atoms with Crippen LogP contribution in [-0.4, -0.2) is 44.5 Å². The molecule has 0 aromatic rings. The number of nitrogens with one attached hydrogen (secondary N) is 1. The normalized spacial score (nSPS) is 21.8. The van der Waals surface area contributed by atoms with Crippen LogP contribution < -0.4 is 5.32 Å². The van der Waals surface area contributed by atoms with Gasteiger partial charge in [-0.15, -0.1) is 0 Å². The average molecular weight is 192 g/mol. The van der Waals surface area contributed by atoms with Crippen molar-refractivity contribution < 1.29 is 13.2 Å². The molecule has 0 bridgehead atoms. The summed E-state index contributed by atoms with van der Waals surface area (Å²) in [6.07, 6.45) is 0.131. The molecule has 5 nitrogen and oxygen atoms in total. The number of likely N-dealkylation sites (N-methyl/N-ethyl adjacent to an activating group) is 1. The Hall–Kier alpha value is -0.620. The molecule has 1 saturated heterocycles. The van der Waals surface area contributed by atoms with Gasteiger partial charge in [0, 0.05) is 19.5 Å². The van der Waals surface area contributed by atoms with Gasteiger partial charge in [0.05, 0.1) is 5.75 Å². The van der Waals surface area contributed by atoms with Crippen molar-refractivity contribution in [2.24, 2.45) is 0 Å². The number of carbonyl (C=O) groups excluding carboxylic acids is 1. The van der Waals surface area contributed by atoms with E-state index in [0.717, 1.165) is 4.31 Å². The van der Waals surface area contributed by atoms with Gasteiger partial charge >= 0.3 is 0 Å². The second-order valence-electron chi connectivity index (χ2n) is 2.64. The summed E-state index contributed by atoms with van der Waals surface area (Å²) in [5.74, 6) is -0.319. The summed E-state index contributed by atoms with van der Waals surface area (Å²) in [5, 5.41) is 2.79. The van der Waals surface area contributed by atoms with E-state index in [2.05, 4.69) is 5.32 Å². The minimum absolute atomic E-state index is 0.0322. The number of hydrogen-bond donors (Lipinski definition) is 1. The lowest BCUT2D eigenvalue weighted by atomic mass is 10.4. The highest BCUT2D eigenvalue weighted by Crippen LogP contribution is 2.13. The number of hydrogen-bond acceptors (Lipinski definition) is 4. The summed E-state index contributed by atoms with van der Waals surface area (Å²) in [5.41, 5.74) is 0. The van der Waals surface area contributed by atoms with Gasteiger partial charge in [-0.3, -0.25) is 4.79 Å². The first-order chi connectivity index (χ1) is 5.58. The van der Waals surface area contributed by atoms with Gasteiger partial charge in [0.15, 0.2) is 0 Å². The molecular weight excluding hydrogens is 180 g/mol. The minimum Gasteiger partial charge on any atom is -0.318 e. The molecule has 0 radical (unpaired) electrons. The molecule has 6 heteroatoms. The molecule has 0 aliphatic carbocycles. The summed E-state index contributed by atoms with van der Waals surface area (Å²) in [7, 11) is -1.55. The molecule has 1 fully saturated rings. The predicted octanol–water partition coefficient (Wildman–Crippen LogP) is -1.23. The van der Waals surface area contributed by atoms with E-state index in [1.807, 2.05) is 0 Å². The Labute approximate surface area is 71.8 Å². The largest absolute Gasteiger partial charge is 0.318 e. The summed E-state index contributed by atoms with van der Waals surface area (Å²) < 4.78 is 23.3. The number of amides is 1. The third-order valence-electron chi connectivity index (χ3n) is 1.75. The van der Waals surface area contributed by atoms with Crippen molar-refractivity contribution in [2.75, 3.05) is 25.9 Å². The number of carbonyl (C=O) groups is 1. The van der Waals surface area contributed by atoms with Crippen LogP contribution in [0.4, 0.5) is 0 Å². The second-order valence-corrected chi connectivity index (χ2v) is 4.65. The molecule has 12 heavy (non-hydrogen) atoms. The van der Waals surface area contributed by atoms with Gasteiger partial charge in [-0.25, -0.2) is 12.7 Å². The Balaban J connectivity index is 2.66. The standard InChI is InChI=1S/C6H12N2O3S/c1-7-3-4-8-6(9)2-5-12(8,10)11/h7H,2-5H2,1H3. The molecule has 70 valence electrons. The zero-order valence-corrected chi connectivity index (χ0v) is 7.73. The molecule has 1 amide bonds. The summed E-state index contributed by atoms with van der Waals surface area (Å²) in [6.45, 7) is 0.753. The average Bonchev–Trinajstić information content (AvgIpc) is 2.24. The van der Waals surface area contributed by atoms with Crippen LogP contribution in [0, 0.1) is 0 Å². The van der Waals surface area contributed by atoms with E-state index in [-0.39, 0.29) is 24.6 Å². The van der Waals surface area contributed by atoms with E-state index in [9.17, 15) is 13.2 Å². The summed E-state index contributed by atoms with van der Waals surface area (Å²) in [6, 6.07) is 0. The minimum atomic E-state index is -3.26. The van der Waals surface area contributed by atoms with Crippen LogP contribution in [-0.2, 0) is 14.8 Å². The quantitative estimate of drug-likeness (QED) is 0.608. The van der Waals surface area contributed by atoms with Crippen LogP contribution in [0.3, 0.4) is 0 Å². The highest BCUT2D eigenvalue weighted by molar-refractivity contribution is 7.90. The van der Waals surface area contributed by atoms with E-state index < -0.39 is 10.0 Å². The molecule has 1 aliphatic rings. The van der Waals surface area contributed by atoms with Gasteiger partial charge in [0.1, 0.15) is 0 Å². The summed E-state index contributed by atoms with van der Waals surface area (Å²) >= 11 is 0. The summed E-state index contributed by atoms with van der Waals surface area (Å²) in [4.78, 5) is 11.0. The van der Waals surface area contributed by atoms with E-state index in [4.69, 9.17) is 0 Å². The number of nitrogens with zero attached hydrogens (tertiary/aromatic N) is 1. The third kappa shape index (κ3) is 1.75. The Bertz CT molecular complexity index is 273. The zero-order chi connectivity index (χ0) is 9.19. The van der Waals surface area contributed by atoms with Crippen molar-refractivity contribution in [3.63, 3.8) is 0 Å². The molecule has 1 N–H and O–H groups in total. The van der Waals surface area contributed by atoms with Crippen LogP contribution in [0.25, 0.3) is 0 Å². The smallest absolute Gasteiger partial charge is 0.237 e. The second kappa shape index (κ2) is 3.40. The fourth-order valence-electron chi connectivity index (χ4n) is 1.08. The molecule has 1 heterocycles. The SMILES string of the molecule is CNCCN1C(=O)CCS1(=O)=O. The zero-order valence-electron chi connectivity index (χ0n) is 6.91. The third-order valence-corrected chi connectivity index (χ3v) is 3.53. The Morgan fingerprint density at radius 1 is 1.58 bits per heavy atom. The van der Waals surface area contributed by atoms with Gasteiger partial charge < -0.3 is 5.32 Å². The van der Waals surface area contributed by atoms with Gasteiger partial charge in [0.25, 0.3) is 0 Å². The van der Waals surface area contributed by atoms with Crippen molar-refractivity contribution in [1.29, 1.82) is 0 Å². The highest BCUT2D eigenvalue weighted by atomic mass is 32.2. The number of rotatable bonds is 3. The first-order valence-corrected chi connectivity index (χ1v) is 5.36. The van der Waals surface area contributed by atoms with E-state index >= 15 is 0 Å². The predicted molar refractivity (Wildman–Crippen MR) is 44.0 cm³/mol. The Morgan fingerprint density at radius 2 is 2.25 bits per heavy atom. The van der Waals surface area contributed by atoms with Gasteiger partial charge in [-0.1, -0.05) is 0 Å². The van der Waals surface area contributed by atoms with Crippen LogP contribution >= 0.6 is 0 Å². The van der Waals surface area contributed by atoms with E-state index in [1.54, 1.807) is 7.05 Å². The van der Waals surface area contributed by atoms with E-state index in [0.29, 0.717) is 6.54 Å². The lowest BCUT2D eigenvalue weighted by Gasteiger charge is -2.13. The first kappa shape index (κ1) is 9.47. The molecule has 0 saturated carbocycles. The molecule has 1 aliphatic heterocycles. The molecule has 0 atom stereocenters. The fraction of sp³-hybridized carbons (Fsp3) is 0.833. The van der Waals surface area contributed by atoms with Crippen LogP contribution in [0.15, 0.2) is 0 Å². The monoisotopic (exact) mass is 192 g/mol. The molecule has 0 aromatic heterocycles. The maximum Gasteiger partial charge on any atom is 0.237 e. The highest BCUT2D eigenvalue weighted by Gasteiger charge is 2.33. The van der Waals surface area contributed by atoms with Crippen molar-refractivity contribution in [3.8, 4) is 0 Å². The lowest BCUT2D eigenvalue weighted by molar-refractivity contribution is -0.125. The van der Waals surface area contributed by atoms with Gasteiger partial charge in [-0.05, 0) is 7.05 Å². The van der Waals surface area contributed by atoms with Crippen LogP contribution in [0.5, 0.6) is 0 Å². The van der Waals surface area contributed by atoms with Crippen molar-refractivity contribution >= 4 is 15.9 Å². The first-order valence-electron chi connectivity index (χ1n) is 3.76. The number of sulfonamides is 1. The molecule has 0 aromatic carbocycles. The Morgan fingerprint density at radius 3 is 2.67 bits per heavy atom. The van der Waals surface area contributed by atoms with Crippen molar-refractivity contribution in [3.05, 3.63) is 0 Å². The van der Waals surface area contributed by atoms with Crippen LogP contribution in [0.1, 0.15) is 6.42 Å². The van der Waals surface area contributed by atoms with Crippen molar-refractivity contribution in [2.45, 2.75) is 6.42 Å². The maximum absolute atomic E-state index is 11.2. The van der Waals surface area contributed by atoms with Crippen LogP contribution in [0.2, 0.25) is 0 Å². The molecular formula is C6H12N2O3S.